The molecule has 4 N–H and O–H groups in total. The van der Waals surface area contributed by atoms with E-state index in [0.29, 0.717) is 17.2 Å². The van der Waals surface area contributed by atoms with Gasteiger partial charge in [-0.1, -0.05) is 0 Å². The first-order chi connectivity index (χ1) is 9.88. The van der Waals surface area contributed by atoms with Gasteiger partial charge >= 0.3 is 12.0 Å². The second kappa shape index (κ2) is 7.34. The minimum Gasteiger partial charge on any atom is -0.497 e. The standard InChI is InChI=1S/C13H18N2O6/c1-7(16)11(12(17)18)15-13(19)14-9-5-4-8(20-2)6-10(9)21-3/h4-7,11,16H,1-3H3,(H,17,18)(H2,14,15,19)/t7-,11+/m1/s1. The molecule has 0 heterocycles. The molecule has 2 atom stereocenters. The molecule has 1 aromatic rings. The Morgan fingerprint density at radius 1 is 1.24 bits per heavy atom. The van der Waals surface area contributed by atoms with E-state index in [2.05, 4.69) is 10.6 Å². The SMILES string of the molecule is COc1ccc(NC(=O)N[C@H](C(=O)O)[C@@H](C)O)c(OC)c1. The van der Waals surface area contributed by atoms with Crippen LogP contribution in [0.1, 0.15) is 6.92 Å². The van der Waals surface area contributed by atoms with E-state index in [4.69, 9.17) is 14.6 Å². The van der Waals surface area contributed by atoms with Gasteiger partial charge in [0, 0.05) is 6.07 Å². The Hall–Kier alpha value is -2.48. The summed E-state index contributed by atoms with van der Waals surface area (Å²) in [6, 6.07) is 2.55. The van der Waals surface area contributed by atoms with Crippen LogP contribution in [0.4, 0.5) is 10.5 Å². The van der Waals surface area contributed by atoms with Crippen LogP contribution in [0, 0.1) is 0 Å². The molecule has 0 saturated carbocycles. The Bertz CT molecular complexity index is 517. The molecule has 0 aliphatic heterocycles. The van der Waals surface area contributed by atoms with Crippen molar-refractivity contribution in [2.45, 2.75) is 19.1 Å². The third kappa shape index (κ3) is 4.53. The van der Waals surface area contributed by atoms with Crippen LogP contribution in [0.3, 0.4) is 0 Å². The zero-order valence-electron chi connectivity index (χ0n) is 11.9. The highest BCUT2D eigenvalue weighted by atomic mass is 16.5. The number of benzene rings is 1. The fourth-order valence-electron chi connectivity index (χ4n) is 1.59. The number of aliphatic carboxylic acids is 1. The summed E-state index contributed by atoms with van der Waals surface area (Å²) in [6.07, 6.45) is -1.23. The number of carbonyl (C=O) groups is 2. The number of carbonyl (C=O) groups excluding carboxylic acids is 1. The molecule has 0 aliphatic carbocycles. The first kappa shape index (κ1) is 16.6. The Labute approximate surface area is 121 Å². The van der Waals surface area contributed by atoms with Crippen molar-refractivity contribution in [2.75, 3.05) is 19.5 Å². The number of aliphatic hydroxyl groups is 1. The van der Waals surface area contributed by atoms with Gasteiger partial charge in [0.25, 0.3) is 0 Å². The van der Waals surface area contributed by atoms with Crippen LogP contribution in [-0.2, 0) is 4.79 Å². The first-order valence-corrected chi connectivity index (χ1v) is 6.09. The molecular weight excluding hydrogens is 280 g/mol. The maximum Gasteiger partial charge on any atom is 0.328 e. The lowest BCUT2D eigenvalue weighted by molar-refractivity contribution is -0.141. The molecule has 0 bridgehead atoms. The van der Waals surface area contributed by atoms with Crippen LogP contribution < -0.4 is 20.1 Å². The number of amides is 2. The molecule has 0 radical (unpaired) electrons. The van der Waals surface area contributed by atoms with Crippen molar-refractivity contribution in [1.82, 2.24) is 5.32 Å². The van der Waals surface area contributed by atoms with E-state index in [1.54, 1.807) is 18.2 Å². The maximum absolute atomic E-state index is 11.8. The van der Waals surface area contributed by atoms with Gasteiger partial charge in [-0.3, -0.25) is 0 Å². The average molecular weight is 298 g/mol. The quantitative estimate of drug-likeness (QED) is 0.613. The minimum atomic E-state index is -1.41. The molecule has 0 unspecified atom stereocenters. The summed E-state index contributed by atoms with van der Waals surface area (Å²) < 4.78 is 10.1. The molecule has 21 heavy (non-hydrogen) atoms. The monoisotopic (exact) mass is 298 g/mol. The number of aliphatic hydroxyl groups excluding tert-OH is 1. The van der Waals surface area contributed by atoms with Crippen molar-refractivity contribution in [2.24, 2.45) is 0 Å². The minimum absolute atomic E-state index is 0.338. The summed E-state index contributed by atoms with van der Waals surface area (Å²) in [7, 11) is 2.92. The third-order valence-corrected chi connectivity index (χ3v) is 2.69. The fourth-order valence-corrected chi connectivity index (χ4v) is 1.59. The first-order valence-electron chi connectivity index (χ1n) is 6.09. The lowest BCUT2D eigenvalue weighted by Crippen LogP contribution is -2.49. The zero-order chi connectivity index (χ0) is 16.0. The van der Waals surface area contributed by atoms with Crippen molar-refractivity contribution in [3.8, 4) is 11.5 Å². The van der Waals surface area contributed by atoms with Gasteiger partial charge in [-0.05, 0) is 19.1 Å². The van der Waals surface area contributed by atoms with Gasteiger partial charge in [-0.15, -0.1) is 0 Å². The highest BCUT2D eigenvalue weighted by molar-refractivity contribution is 5.93. The number of carboxylic acids is 1. The largest absolute Gasteiger partial charge is 0.497 e. The van der Waals surface area contributed by atoms with Gasteiger partial charge in [-0.25, -0.2) is 9.59 Å². The summed E-state index contributed by atoms with van der Waals surface area (Å²) in [4.78, 5) is 22.7. The van der Waals surface area contributed by atoms with Crippen molar-refractivity contribution in [3.63, 3.8) is 0 Å². The van der Waals surface area contributed by atoms with E-state index in [9.17, 15) is 14.7 Å². The molecular formula is C13H18N2O6. The summed E-state index contributed by atoms with van der Waals surface area (Å²) in [5, 5.41) is 22.8. The number of anilines is 1. The zero-order valence-corrected chi connectivity index (χ0v) is 11.9. The fraction of sp³-hybridized carbons (Fsp3) is 0.385. The van der Waals surface area contributed by atoms with Crippen LogP contribution in [-0.4, -0.2) is 48.6 Å². The number of methoxy groups -OCH3 is 2. The number of nitrogens with one attached hydrogen (secondary N) is 2. The molecule has 0 aliphatic rings. The number of carboxylic acid groups (broad SMARTS) is 1. The Morgan fingerprint density at radius 2 is 1.90 bits per heavy atom. The van der Waals surface area contributed by atoms with Crippen LogP contribution >= 0.6 is 0 Å². The van der Waals surface area contributed by atoms with Crippen LogP contribution in [0.5, 0.6) is 11.5 Å². The van der Waals surface area contributed by atoms with Gasteiger partial charge in [0.15, 0.2) is 6.04 Å². The lowest BCUT2D eigenvalue weighted by Gasteiger charge is -2.18. The van der Waals surface area contributed by atoms with E-state index >= 15 is 0 Å². The van der Waals surface area contributed by atoms with Crippen molar-refractivity contribution < 1.29 is 29.3 Å². The van der Waals surface area contributed by atoms with E-state index in [0.717, 1.165) is 0 Å². The number of ether oxygens (including phenoxy) is 2. The van der Waals surface area contributed by atoms with Gasteiger partial charge in [0.05, 0.1) is 26.0 Å². The lowest BCUT2D eigenvalue weighted by atomic mass is 10.2. The third-order valence-electron chi connectivity index (χ3n) is 2.69. The molecule has 1 aromatic carbocycles. The van der Waals surface area contributed by atoms with Crippen molar-refractivity contribution in [1.29, 1.82) is 0 Å². The maximum atomic E-state index is 11.8. The molecule has 1 rings (SSSR count). The normalized spacial score (nSPS) is 13.0. The van der Waals surface area contributed by atoms with Gasteiger partial charge in [-0.2, -0.15) is 0 Å². The van der Waals surface area contributed by atoms with Gasteiger partial charge < -0.3 is 30.3 Å². The predicted octanol–water partition coefficient (Wildman–Crippen LogP) is 0.659. The van der Waals surface area contributed by atoms with Crippen molar-refractivity contribution in [3.05, 3.63) is 18.2 Å². The summed E-state index contributed by atoms with van der Waals surface area (Å²) in [6.45, 7) is 1.27. The highest BCUT2D eigenvalue weighted by Crippen LogP contribution is 2.28. The molecule has 116 valence electrons. The average Bonchev–Trinajstić information content (AvgIpc) is 2.44. The Kier molecular flexibility index (Phi) is 5.79. The number of hydrogen-bond acceptors (Lipinski definition) is 5. The summed E-state index contributed by atoms with van der Waals surface area (Å²) >= 11 is 0. The number of urea groups is 1. The van der Waals surface area contributed by atoms with E-state index in [1.165, 1.54) is 21.1 Å². The van der Waals surface area contributed by atoms with Crippen LogP contribution in [0.2, 0.25) is 0 Å². The molecule has 0 aromatic heterocycles. The molecule has 2 amide bonds. The second-order valence-electron chi connectivity index (χ2n) is 4.22. The van der Waals surface area contributed by atoms with Crippen LogP contribution in [0.15, 0.2) is 18.2 Å². The molecule has 8 heteroatoms. The van der Waals surface area contributed by atoms with E-state index in [-0.39, 0.29) is 0 Å². The van der Waals surface area contributed by atoms with Gasteiger partial charge in [0.1, 0.15) is 11.5 Å². The summed E-state index contributed by atoms with van der Waals surface area (Å²) in [5.74, 6) is -0.430. The Morgan fingerprint density at radius 3 is 2.38 bits per heavy atom. The second-order valence-corrected chi connectivity index (χ2v) is 4.22. The van der Waals surface area contributed by atoms with Crippen LogP contribution in [0.25, 0.3) is 0 Å². The molecule has 0 spiro atoms. The van der Waals surface area contributed by atoms with Gasteiger partial charge in [0.2, 0.25) is 0 Å². The highest BCUT2D eigenvalue weighted by Gasteiger charge is 2.25. The predicted molar refractivity (Wildman–Crippen MR) is 74.8 cm³/mol. The smallest absolute Gasteiger partial charge is 0.328 e. The molecule has 8 nitrogen and oxygen atoms in total. The van der Waals surface area contributed by atoms with Crippen molar-refractivity contribution >= 4 is 17.7 Å². The Balaban J connectivity index is 2.81. The topological polar surface area (TPSA) is 117 Å². The number of hydrogen-bond donors (Lipinski definition) is 4. The molecule has 0 saturated heterocycles. The molecule has 0 fully saturated rings. The van der Waals surface area contributed by atoms with E-state index < -0.39 is 24.1 Å². The summed E-state index contributed by atoms with van der Waals surface area (Å²) in [5.41, 5.74) is 0.338. The van der Waals surface area contributed by atoms with E-state index in [1.807, 2.05) is 0 Å². The number of rotatable bonds is 6.